The largest absolute Gasteiger partial charge is 0.494 e. The lowest BCUT2D eigenvalue weighted by Crippen LogP contribution is -2.34. The van der Waals surface area contributed by atoms with E-state index in [0.29, 0.717) is 12.0 Å². The Morgan fingerprint density at radius 1 is 0.906 bits per heavy atom. The summed E-state index contributed by atoms with van der Waals surface area (Å²) in [5.41, 5.74) is 5.70. The highest BCUT2D eigenvalue weighted by molar-refractivity contribution is 5.51. The van der Waals surface area contributed by atoms with Crippen molar-refractivity contribution in [1.82, 2.24) is 9.80 Å². The fourth-order valence-electron chi connectivity index (χ4n) is 5.93. The molecule has 32 heavy (non-hydrogen) atoms. The van der Waals surface area contributed by atoms with Crippen LogP contribution in [-0.4, -0.2) is 63.2 Å². The lowest BCUT2D eigenvalue weighted by Gasteiger charge is -2.38. The van der Waals surface area contributed by atoms with Gasteiger partial charge in [-0.05, 0) is 92.7 Å². The first-order valence-electron chi connectivity index (χ1n) is 12.7. The maximum Gasteiger partial charge on any atom is 0.119 e. The maximum atomic E-state index is 6.24. The number of piperidine rings is 1. The van der Waals surface area contributed by atoms with Crippen LogP contribution < -0.4 is 9.64 Å². The van der Waals surface area contributed by atoms with E-state index in [1.165, 1.54) is 80.7 Å². The van der Waals surface area contributed by atoms with Gasteiger partial charge >= 0.3 is 0 Å². The van der Waals surface area contributed by atoms with E-state index < -0.39 is 0 Å². The number of anilines is 1. The standard InChI is InChI=1S/C28H39N3O/c1-29(2)23-11-9-22(10-12-23)27-21-31-18-6-8-28(31)26-20-24(13-14-25(26)27)32-19-7-17-30-15-4-3-5-16-30/h9-14,20,27-28H,3-8,15-19,21H2,1-2H3/t27-,28+/m0/s1. The van der Waals surface area contributed by atoms with E-state index in [1.54, 1.807) is 0 Å². The van der Waals surface area contributed by atoms with Gasteiger partial charge in [0, 0.05) is 44.8 Å². The number of hydrogen-bond donors (Lipinski definition) is 0. The molecule has 2 aromatic carbocycles. The Kier molecular flexibility index (Phi) is 6.70. The Morgan fingerprint density at radius 3 is 2.50 bits per heavy atom. The van der Waals surface area contributed by atoms with E-state index >= 15 is 0 Å². The molecule has 4 nitrogen and oxygen atoms in total. The molecular formula is C28H39N3O. The first kappa shape index (κ1) is 21.8. The van der Waals surface area contributed by atoms with Gasteiger partial charge in [-0.25, -0.2) is 0 Å². The van der Waals surface area contributed by atoms with Gasteiger partial charge < -0.3 is 14.5 Å². The van der Waals surface area contributed by atoms with Crippen LogP contribution in [0.1, 0.15) is 67.2 Å². The van der Waals surface area contributed by atoms with Crippen molar-refractivity contribution in [2.75, 3.05) is 58.3 Å². The topological polar surface area (TPSA) is 19.0 Å². The van der Waals surface area contributed by atoms with Gasteiger partial charge in [0.25, 0.3) is 0 Å². The second kappa shape index (κ2) is 9.84. The molecule has 3 aliphatic rings. The monoisotopic (exact) mass is 433 g/mol. The zero-order valence-corrected chi connectivity index (χ0v) is 19.9. The van der Waals surface area contributed by atoms with Gasteiger partial charge in [-0.3, -0.25) is 4.90 Å². The molecule has 0 bridgehead atoms. The Bertz CT molecular complexity index is 888. The molecule has 5 rings (SSSR count). The summed E-state index contributed by atoms with van der Waals surface area (Å²) >= 11 is 0. The molecule has 172 valence electrons. The molecule has 2 atom stereocenters. The van der Waals surface area contributed by atoms with Gasteiger partial charge in [0.15, 0.2) is 0 Å². The summed E-state index contributed by atoms with van der Waals surface area (Å²) in [5, 5.41) is 0. The second-order valence-corrected chi connectivity index (χ2v) is 10.1. The van der Waals surface area contributed by atoms with E-state index in [4.69, 9.17) is 4.74 Å². The van der Waals surface area contributed by atoms with Crippen molar-refractivity contribution >= 4 is 5.69 Å². The predicted molar refractivity (Wildman–Crippen MR) is 133 cm³/mol. The Balaban J connectivity index is 1.30. The molecule has 2 fully saturated rings. The van der Waals surface area contributed by atoms with Gasteiger partial charge in [-0.2, -0.15) is 0 Å². The Hall–Kier alpha value is -2.04. The van der Waals surface area contributed by atoms with Gasteiger partial charge in [0.05, 0.1) is 6.61 Å². The summed E-state index contributed by atoms with van der Waals surface area (Å²) < 4.78 is 6.24. The smallest absolute Gasteiger partial charge is 0.119 e. The molecule has 3 heterocycles. The van der Waals surface area contributed by atoms with E-state index in [-0.39, 0.29) is 0 Å². The first-order chi connectivity index (χ1) is 15.7. The third kappa shape index (κ3) is 4.67. The SMILES string of the molecule is CN(C)c1ccc([C@@H]2CN3CCC[C@@H]3c3cc(OCCCN4CCCCC4)ccc32)cc1. The molecule has 0 spiro atoms. The van der Waals surface area contributed by atoms with Crippen LogP contribution in [0.2, 0.25) is 0 Å². The number of benzene rings is 2. The molecule has 0 amide bonds. The van der Waals surface area contributed by atoms with Crippen LogP contribution in [0.4, 0.5) is 5.69 Å². The van der Waals surface area contributed by atoms with Crippen molar-refractivity contribution in [3.05, 3.63) is 59.2 Å². The van der Waals surface area contributed by atoms with Crippen LogP contribution >= 0.6 is 0 Å². The van der Waals surface area contributed by atoms with Crippen LogP contribution in [0.25, 0.3) is 0 Å². The van der Waals surface area contributed by atoms with Crippen LogP contribution in [0, 0.1) is 0 Å². The van der Waals surface area contributed by atoms with Crippen molar-refractivity contribution in [1.29, 1.82) is 0 Å². The van der Waals surface area contributed by atoms with E-state index in [9.17, 15) is 0 Å². The van der Waals surface area contributed by atoms with E-state index in [0.717, 1.165) is 25.3 Å². The highest BCUT2D eigenvalue weighted by Crippen LogP contribution is 2.45. The van der Waals surface area contributed by atoms with Crippen LogP contribution in [0.5, 0.6) is 5.75 Å². The summed E-state index contributed by atoms with van der Waals surface area (Å²) in [4.78, 5) is 7.47. The average molecular weight is 434 g/mol. The highest BCUT2D eigenvalue weighted by Gasteiger charge is 2.36. The van der Waals surface area contributed by atoms with Crippen molar-refractivity contribution in [2.24, 2.45) is 0 Å². The minimum Gasteiger partial charge on any atom is -0.494 e. The molecule has 0 aliphatic carbocycles. The molecule has 0 unspecified atom stereocenters. The third-order valence-electron chi connectivity index (χ3n) is 7.72. The molecule has 2 aromatic rings. The number of hydrogen-bond acceptors (Lipinski definition) is 4. The zero-order valence-electron chi connectivity index (χ0n) is 19.9. The Morgan fingerprint density at radius 2 is 1.72 bits per heavy atom. The molecule has 2 saturated heterocycles. The highest BCUT2D eigenvalue weighted by atomic mass is 16.5. The van der Waals surface area contributed by atoms with Crippen molar-refractivity contribution in [3.63, 3.8) is 0 Å². The minimum atomic E-state index is 0.448. The van der Waals surface area contributed by atoms with Gasteiger partial charge in [-0.1, -0.05) is 24.6 Å². The Labute approximate surface area is 194 Å². The van der Waals surface area contributed by atoms with Gasteiger partial charge in [-0.15, -0.1) is 0 Å². The van der Waals surface area contributed by atoms with Crippen molar-refractivity contribution < 1.29 is 4.74 Å². The normalized spacial score (nSPS) is 23.6. The van der Waals surface area contributed by atoms with Crippen LogP contribution in [0.3, 0.4) is 0 Å². The minimum absolute atomic E-state index is 0.448. The van der Waals surface area contributed by atoms with Crippen molar-refractivity contribution in [2.45, 2.75) is 50.5 Å². The molecule has 0 saturated carbocycles. The first-order valence-corrected chi connectivity index (χ1v) is 12.7. The number of ether oxygens (including phenoxy) is 1. The molecule has 3 aliphatic heterocycles. The summed E-state index contributed by atoms with van der Waals surface area (Å²) in [6.45, 7) is 6.89. The zero-order chi connectivity index (χ0) is 21.9. The second-order valence-electron chi connectivity index (χ2n) is 10.1. The molecule has 0 aromatic heterocycles. The molecular weight excluding hydrogens is 394 g/mol. The summed E-state index contributed by atoms with van der Waals surface area (Å²) in [7, 11) is 4.21. The van der Waals surface area contributed by atoms with Crippen molar-refractivity contribution in [3.8, 4) is 5.75 Å². The molecule has 0 N–H and O–H groups in total. The lowest BCUT2D eigenvalue weighted by atomic mass is 9.81. The number of likely N-dealkylation sites (tertiary alicyclic amines) is 1. The predicted octanol–water partition coefficient (Wildman–Crippen LogP) is 5.29. The van der Waals surface area contributed by atoms with Crippen LogP contribution in [-0.2, 0) is 0 Å². The maximum absolute atomic E-state index is 6.24. The lowest BCUT2D eigenvalue weighted by molar-refractivity contribution is 0.204. The summed E-state index contributed by atoms with van der Waals surface area (Å²) in [6.07, 6.45) is 7.83. The van der Waals surface area contributed by atoms with Crippen LogP contribution in [0.15, 0.2) is 42.5 Å². The molecule has 4 heteroatoms. The van der Waals surface area contributed by atoms with Gasteiger partial charge in [0.1, 0.15) is 5.75 Å². The number of fused-ring (bicyclic) bond motifs is 3. The number of nitrogens with zero attached hydrogens (tertiary/aromatic N) is 3. The summed E-state index contributed by atoms with van der Waals surface area (Å²) in [5.74, 6) is 1.50. The van der Waals surface area contributed by atoms with Gasteiger partial charge in [0.2, 0.25) is 0 Å². The third-order valence-corrected chi connectivity index (χ3v) is 7.72. The fourth-order valence-corrected chi connectivity index (χ4v) is 5.93. The quantitative estimate of drug-likeness (QED) is 0.552. The van der Waals surface area contributed by atoms with E-state index in [2.05, 4.69) is 71.3 Å². The average Bonchev–Trinajstić information content (AvgIpc) is 3.31. The summed E-state index contributed by atoms with van der Waals surface area (Å²) in [6, 6.07) is 16.7. The molecule has 0 radical (unpaired) electrons. The fraction of sp³-hybridized carbons (Fsp3) is 0.571. The van der Waals surface area contributed by atoms with E-state index in [1.807, 2.05) is 0 Å². The number of rotatable bonds is 7.